The molecular weight excluding hydrogens is 390 g/mol. The lowest BCUT2D eigenvalue weighted by Gasteiger charge is -2.27. The standard InChI is InChI=1S/C23H24F2N2O3/c1-3-26(4-2)13-14-27-20(15-5-9-17(24)10-6-15)19(22(29)23(27)30)21(28)16-7-11-18(25)12-8-16/h5-12,20,28H,3-4,13-14H2,1-2H3/p+1/t20-/m1/s1. The molecule has 1 amide bonds. The third-order valence-corrected chi connectivity index (χ3v) is 5.55. The summed E-state index contributed by atoms with van der Waals surface area (Å²) in [5.74, 6) is -2.81. The van der Waals surface area contributed by atoms with Gasteiger partial charge < -0.3 is 14.9 Å². The van der Waals surface area contributed by atoms with Gasteiger partial charge in [-0.2, -0.15) is 0 Å². The quantitative estimate of drug-likeness (QED) is 0.415. The summed E-state index contributed by atoms with van der Waals surface area (Å²) in [5, 5.41) is 10.9. The highest BCUT2D eigenvalue weighted by Gasteiger charge is 2.46. The average molecular weight is 415 g/mol. The number of likely N-dealkylation sites (N-methyl/N-ethyl adjacent to an activating group) is 1. The van der Waals surface area contributed by atoms with Crippen molar-refractivity contribution in [3.63, 3.8) is 0 Å². The predicted octanol–water partition coefficient (Wildman–Crippen LogP) is 2.31. The van der Waals surface area contributed by atoms with Crippen LogP contribution < -0.4 is 4.90 Å². The summed E-state index contributed by atoms with van der Waals surface area (Å²) < 4.78 is 26.8. The van der Waals surface area contributed by atoms with E-state index in [9.17, 15) is 23.5 Å². The fourth-order valence-corrected chi connectivity index (χ4v) is 3.75. The number of carbonyl (C=O) groups is 2. The zero-order valence-corrected chi connectivity index (χ0v) is 17.0. The monoisotopic (exact) mass is 415 g/mol. The minimum Gasteiger partial charge on any atom is -0.507 e. The smallest absolute Gasteiger partial charge is 0.295 e. The third kappa shape index (κ3) is 4.26. The number of amides is 1. The van der Waals surface area contributed by atoms with Gasteiger partial charge in [0, 0.05) is 5.56 Å². The molecule has 1 aliphatic heterocycles. The Morgan fingerprint density at radius 2 is 1.50 bits per heavy atom. The summed E-state index contributed by atoms with van der Waals surface area (Å²) in [7, 11) is 0. The number of nitrogens with one attached hydrogen (secondary N) is 1. The van der Waals surface area contributed by atoms with Crippen molar-refractivity contribution in [2.24, 2.45) is 0 Å². The van der Waals surface area contributed by atoms with Crippen molar-refractivity contribution in [1.29, 1.82) is 0 Å². The highest BCUT2D eigenvalue weighted by Crippen LogP contribution is 2.39. The van der Waals surface area contributed by atoms with E-state index in [1.807, 2.05) is 13.8 Å². The van der Waals surface area contributed by atoms with Crippen molar-refractivity contribution in [3.8, 4) is 0 Å². The Labute approximate surface area is 174 Å². The number of quaternary nitrogens is 1. The molecule has 0 unspecified atom stereocenters. The minimum absolute atomic E-state index is 0.0761. The van der Waals surface area contributed by atoms with E-state index in [0.717, 1.165) is 13.1 Å². The zero-order chi connectivity index (χ0) is 21.8. The molecule has 0 radical (unpaired) electrons. The second-order valence-corrected chi connectivity index (χ2v) is 7.26. The topological polar surface area (TPSA) is 62.0 Å². The number of halogens is 2. The molecule has 0 aliphatic carbocycles. The maximum Gasteiger partial charge on any atom is 0.295 e. The second kappa shape index (κ2) is 9.17. The van der Waals surface area contributed by atoms with E-state index in [0.29, 0.717) is 18.7 Å². The van der Waals surface area contributed by atoms with Crippen molar-refractivity contribution < 1.29 is 28.4 Å². The molecule has 158 valence electrons. The molecule has 5 nitrogen and oxygen atoms in total. The number of aliphatic hydroxyl groups is 1. The fourth-order valence-electron chi connectivity index (χ4n) is 3.75. The van der Waals surface area contributed by atoms with Crippen LogP contribution in [-0.2, 0) is 9.59 Å². The molecule has 0 aromatic heterocycles. The summed E-state index contributed by atoms with van der Waals surface area (Å²) in [5.41, 5.74) is 0.678. The average Bonchev–Trinajstić information content (AvgIpc) is 3.00. The van der Waals surface area contributed by atoms with Crippen LogP contribution in [0.4, 0.5) is 8.78 Å². The van der Waals surface area contributed by atoms with Gasteiger partial charge in [0.25, 0.3) is 11.7 Å². The summed E-state index contributed by atoms with van der Waals surface area (Å²) in [6.07, 6.45) is 0. The molecule has 1 atom stereocenters. The van der Waals surface area contributed by atoms with Gasteiger partial charge in [-0.15, -0.1) is 0 Å². The van der Waals surface area contributed by atoms with Gasteiger partial charge in [-0.3, -0.25) is 9.59 Å². The molecule has 1 aliphatic rings. The van der Waals surface area contributed by atoms with Crippen LogP contribution in [0.1, 0.15) is 31.0 Å². The Balaban J connectivity index is 2.08. The van der Waals surface area contributed by atoms with Gasteiger partial charge in [0.05, 0.1) is 37.8 Å². The van der Waals surface area contributed by atoms with Crippen LogP contribution >= 0.6 is 0 Å². The Morgan fingerprint density at radius 1 is 0.967 bits per heavy atom. The number of likely N-dealkylation sites (tertiary alicyclic amines) is 1. The van der Waals surface area contributed by atoms with Crippen molar-refractivity contribution in [3.05, 3.63) is 76.9 Å². The van der Waals surface area contributed by atoms with E-state index in [4.69, 9.17) is 0 Å². The summed E-state index contributed by atoms with van der Waals surface area (Å²) in [6, 6.07) is 9.70. The van der Waals surface area contributed by atoms with E-state index in [2.05, 4.69) is 0 Å². The molecule has 1 heterocycles. The second-order valence-electron chi connectivity index (χ2n) is 7.26. The fraction of sp³-hybridized carbons (Fsp3) is 0.304. The maximum absolute atomic E-state index is 13.5. The van der Waals surface area contributed by atoms with E-state index in [-0.39, 0.29) is 16.9 Å². The van der Waals surface area contributed by atoms with Crippen LogP contribution in [0, 0.1) is 11.6 Å². The molecular formula is C23H25F2N2O3+. The molecule has 2 aromatic carbocycles. The first-order valence-electron chi connectivity index (χ1n) is 10.0. The van der Waals surface area contributed by atoms with Crippen molar-refractivity contribution in [1.82, 2.24) is 4.90 Å². The molecule has 1 saturated heterocycles. The Hall–Kier alpha value is -3.06. The molecule has 2 aromatic rings. The maximum atomic E-state index is 13.5. The van der Waals surface area contributed by atoms with Gasteiger partial charge >= 0.3 is 0 Å². The first-order chi connectivity index (χ1) is 14.4. The Bertz CT molecular complexity index is 951. The summed E-state index contributed by atoms with van der Waals surface area (Å²) >= 11 is 0. The van der Waals surface area contributed by atoms with Gasteiger partial charge in [0.1, 0.15) is 17.4 Å². The number of nitrogens with zero attached hydrogens (tertiary/aromatic N) is 1. The number of aliphatic hydroxyl groups excluding tert-OH is 1. The molecule has 0 bridgehead atoms. The first kappa shape index (κ1) is 21.6. The van der Waals surface area contributed by atoms with E-state index in [1.54, 1.807) is 0 Å². The van der Waals surface area contributed by atoms with Gasteiger partial charge in [0.2, 0.25) is 0 Å². The molecule has 3 rings (SSSR count). The molecule has 2 N–H and O–H groups in total. The van der Waals surface area contributed by atoms with Crippen molar-refractivity contribution in [2.75, 3.05) is 26.2 Å². The Kier molecular flexibility index (Phi) is 6.62. The number of hydrogen-bond acceptors (Lipinski definition) is 3. The molecule has 7 heteroatoms. The predicted molar refractivity (Wildman–Crippen MR) is 109 cm³/mol. The molecule has 0 spiro atoms. The summed E-state index contributed by atoms with van der Waals surface area (Å²) in [6.45, 7) is 6.77. The van der Waals surface area contributed by atoms with Gasteiger partial charge in [-0.05, 0) is 55.8 Å². The lowest BCUT2D eigenvalue weighted by atomic mass is 9.95. The number of rotatable bonds is 7. The SMILES string of the molecule is CC[NH+](CC)CCN1C(=O)C(=O)C(=C(O)c2ccc(F)cc2)[C@H]1c1ccc(F)cc1. The van der Waals surface area contributed by atoms with Crippen LogP contribution in [-0.4, -0.2) is 47.9 Å². The number of benzene rings is 2. The summed E-state index contributed by atoms with van der Waals surface area (Å²) in [4.78, 5) is 28.4. The zero-order valence-electron chi connectivity index (χ0n) is 17.0. The van der Waals surface area contributed by atoms with Crippen LogP contribution in [0.15, 0.2) is 54.1 Å². The van der Waals surface area contributed by atoms with Gasteiger partial charge in [0.15, 0.2) is 0 Å². The van der Waals surface area contributed by atoms with Crippen LogP contribution in [0.25, 0.3) is 5.76 Å². The van der Waals surface area contributed by atoms with Gasteiger partial charge in [-0.1, -0.05) is 12.1 Å². The molecule has 0 saturated carbocycles. The largest absolute Gasteiger partial charge is 0.507 e. The van der Waals surface area contributed by atoms with E-state index < -0.39 is 29.4 Å². The van der Waals surface area contributed by atoms with Crippen LogP contribution in [0.5, 0.6) is 0 Å². The highest BCUT2D eigenvalue weighted by atomic mass is 19.1. The number of ketones is 1. The van der Waals surface area contributed by atoms with Crippen molar-refractivity contribution >= 4 is 17.4 Å². The highest BCUT2D eigenvalue weighted by molar-refractivity contribution is 6.46. The number of hydrogen-bond donors (Lipinski definition) is 2. The Morgan fingerprint density at radius 3 is 2.03 bits per heavy atom. The normalized spacial score (nSPS) is 18.4. The van der Waals surface area contributed by atoms with Crippen LogP contribution in [0.3, 0.4) is 0 Å². The third-order valence-electron chi connectivity index (χ3n) is 5.55. The van der Waals surface area contributed by atoms with Gasteiger partial charge in [-0.25, -0.2) is 8.78 Å². The van der Waals surface area contributed by atoms with Crippen molar-refractivity contribution in [2.45, 2.75) is 19.9 Å². The lowest BCUT2D eigenvalue weighted by molar-refractivity contribution is -0.895. The number of carbonyl (C=O) groups excluding carboxylic acids is 2. The van der Waals surface area contributed by atoms with E-state index in [1.165, 1.54) is 58.3 Å². The van der Waals surface area contributed by atoms with Crippen LogP contribution in [0.2, 0.25) is 0 Å². The lowest BCUT2D eigenvalue weighted by Crippen LogP contribution is -3.12. The molecule has 30 heavy (non-hydrogen) atoms. The number of Topliss-reactive ketones (excluding diaryl/α,β-unsaturated/α-hetero) is 1. The first-order valence-corrected chi connectivity index (χ1v) is 10.0. The molecule has 1 fully saturated rings. The minimum atomic E-state index is -0.842. The van der Waals surface area contributed by atoms with E-state index >= 15 is 0 Å².